The number of esters is 1. The molecule has 0 amide bonds. The molecule has 0 fully saturated rings. The lowest BCUT2D eigenvalue weighted by Gasteiger charge is -2.11. The van der Waals surface area contributed by atoms with Crippen LogP contribution in [0.2, 0.25) is 0 Å². The van der Waals surface area contributed by atoms with Crippen molar-refractivity contribution >= 4 is 17.0 Å². The summed E-state index contributed by atoms with van der Waals surface area (Å²) in [6, 6.07) is 19.6. The molecule has 0 saturated carbocycles. The number of hydrogen-bond donors (Lipinski definition) is 0. The van der Waals surface area contributed by atoms with Crippen molar-refractivity contribution in [3.05, 3.63) is 99.0 Å². The highest BCUT2D eigenvalue weighted by molar-refractivity contribution is 5.97. The standard InChI is InChI=1S/C29H30N2O3/c1-5-6-11-27-30-25-16-19(2)28(32)20(3)17-26(25)31(27)18-21-12-14-22(15-13-21)23-9-7-8-10-24(23)29(33)34-4/h7-10,12-17H,5-6,11,18H2,1-4H3. The molecular weight excluding hydrogens is 424 g/mol. The Kier molecular flexibility index (Phi) is 6.92. The fraction of sp³-hybridized carbons (Fsp3) is 0.276. The van der Waals surface area contributed by atoms with Gasteiger partial charge in [0.05, 0.1) is 23.7 Å². The van der Waals surface area contributed by atoms with Gasteiger partial charge in [0, 0.05) is 13.0 Å². The second-order valence-electron chi connectivity index (χ2n) is 8.71. The normalized spacial score (nSPS) is 11.1. The van der Waals surface area contributed by atoms with Crippen LogP contribution in [-0.2, 0) is 17.7 Å². The van der Waals surface area contributed by atoms with E-state index < -0.39 is 0 Å². The molecule has 5 heteroatoms. The van der Waals surface area contributed by atoms with Crippen LogP contribution in [0, 0.1) is 13.8 Å². The number of nitrogens with zero attached hydrogens (tertiary/aromatic N) is 2. The first-order valence-corrected chi connectivity index (χ1v) is 11.7. The van der Waals surface area contributed by atoms with Crippen molar-refractivity contribution in [3.8, 4) is 11.1 Å². The zero-order chi connectivity index (χ0) is 24.2. The number of aryl methyl sites for hydroxylation is 3. The minimum atomic E-state index is -0.346. The molecule has 174 valence electrons. The summed E-state index contributed by atoms with van der Waals surface area (Å²) in [6.07, 6.45) is 3.04. The lowest BCUT2D eigenvalue weighted by Crippen LogP contribution is -2.07. The van der Waals surface area contributed by atoms with E-state index in [2.05, 4.69) is 23.6 Å². The third kappa shape index (κ3) is 4.65. The Labute approximate surface area is 200 Å². The van der Waals surface area contributed by atoms with Crippen molar-refractivity contribution in [2.45, 2.75) is 46.6 Å². The summed E-state index contributed by atoms with van der Waals surface area (Å²) in [7, 11) is 1.40. The maximum atomic E-state index is 12.5. The minimum Gasteiger partial charge on any atom is -0.465 e. The van der Waals surface area contributed by atoms with Crippen molar-refractivity contribution < 1.29 is 9.53 Å². The molecular formula is C29H30N2O3. The molecule has 0 N–H and O–H groups in total. The molecule has 1 heterocycles. The fourth-order valence-corrected chi connectivity index (χ4v) is 4.34. The molecule has 4 aromatic rings. The monoisotopic (exact) mass is 454 g/mol. The van der Waals surface area contributed by atoms with Gasteiger partial charge in [-0.15, -0.1) is 0 Å². The summed E-state index contributed by atoms with van der Waals surface area (Å²) in [4.78, 5) is 29.6. The minimum absolute atomic E-state index is 0.0632. The van der Waals surface area contributed by atoms with Gasteiger partial charge in [-0.3, -0.25) is 4.79 Å². The summed E-state index contributed by atoms with van der Waals surface area (Å²) in [6.45, 7) is 6.55. The first kappa shape index (κ1) is 23.4. The Morgan fingerprint density at radius 1 is 1.00 bits per heavy atom. The SMILES string of the molecule is CCCCc1nc2cc(C)c(=O)c(C)cc2n1Cc1ccc(-c2ccccc2C(=O)OC)cc1. The number of aromatic nitrogens is 2. The van der Waals surface area contributed by atoms with Crippen LogP contribution in [0.1, 0.15) is 52.6 Å². The highest BCUT2D eigenvalue weighted by Crippen LogP contribution is 2.26. The number of rotatable bonds is 7. The van der Waals surface area contributed by atoms with Crippen LogP contribution in [0.15, 0.2) is 65.5 Å². The van der Waals surface area contributed by atoms with Crippen LogP contribution in [0.4, 0.5) is 0 Å². The van der Waals surface area contributed by atoms with Crippen LogP contribution in [0.3, 0.4) is 0 Å². The molecule has 5 nitrogen and oxygen atoms in total. The molecule has 3 aromatic carbocycles. The molecule has 0 spiro atoms. The van der Waals surface area contributed by atoms with E-state index in [1.165, 1.54) is 7.11 Å². The molecule has 0 unspecified atom stereocenters. The van der Waals surface area contributed by atoms with Crippen molar-refractivity contribution in [1.82, 2.24) is 9.55 Å². The molecule has 0 aliphatic heterocycles. The summed E-state index contributed by atoms with van der Waals surface area (Å²) in [5.41, 5.74) is 6.82. The first-order valence-electron chi connectivity index (χ1n) is 11.7. The number of fused-ring (bicyclic) bond motifs is 1. The van der Waals surface area contributed by atoms with E-state index in [1.54, 1.807) is 6.07 Å². The Morgan fingerprint density at radius 3 is 2.41 bits per heavy atom. The largest absolute Gasteiger partial charge is 0.465 e. The van der Waals surface area contributed by atoms with Crippen molar-refractivity contribution in [1.29, 1.82) is 0 Å². The van der Waals surface area contributed by atoms with Crippen LogP contribution >= 0.6 is 0 Å². The van der Waals surface area contributed by atoms with Crippen molar-refractivity contribution in [2.75, 3.05) is 7.11 Å². The maximum Gasteiger partial charge on any atom is 0.338 e. The van der Waals surface area contributed by atoms with Gasteiger partial charge in [0.2, 0.25) is 0 Å². The van der Waals surface area contributed by atoms with E-state index >= 15 is 0 Å². The average molecular weight is 455 g/mol. The lowest BCUT2D eigenvalue weighted by atomic mass is 9.98. The van der Waals surface area contributed by atoms with Gasteiger partial charge < -0.3 is 9.30 Å². The number of carbonyl (C=O) groups is 1. The summed E-state index contributed by atoms with van der Waals surface area (Å²) < 4.78 is 7.17. The number of methoxy groups -OCH3 is 1. The van der Waals surface area contributed by atoms with Crippen molar-refractivity contribution in [3.63, 3.8) is 0 Å². The first-order chi connectivity index (χ1) is 16.4. The van der Waals surface area contributed by atoms with Gasteiger partial charge >= 0.3 is 5.97 Å². The topological polar surface area (TPSA) is 61.2 Å². The van der Waals surface area contributed by atoms with Gasteiger partial charge in [0.1, 0.15) is 5.82 Å². The molecule has 0 atom stereocenters. The zero-order valence-corrected chi connectivity index (χ0v) is 20.2. The Bertz CT molecular complexity index is 1400. The van der Waals surface area contributed by atoms with Gasteiger partial charge in [-0.1, -0.05) is 55.8 Å². The van der Waals surface area contributed by atoms with Gasteiger partial charge in [-0.05, 0) is 66.3 Å². The molecule has 0 radical (unpaired) electrons. The van der Waals surface area contributed by atoms with Crippen LogP contribution in [0.5, 0.6) is 0 Å². The van der Waals surface area contributed by atoms with E-state index in [0.29, 0.717) is 17.7 Å². The summed E-state index contributed by atoms with van der Waals surface area (Å²) >= 11 is 0. The van der Waals surface area contributed by atoms with Crippen LogP contribution < -0.4 is 5.43 Å². The number of ether oxygens (including phenoxy) is 1. The lowest BCUT2D eigenvalue weighted by molar-refractivity contribution is 0.0601. The molecule has 34 heavy (non-hydrogen) atoms. The molecule has 0 saturated heterocycles. The number of hydrogen-bond acceptors (Lipinski definition) is 4. The average Bonchev–Trinajstić information content (AvgIpc) is 3.11. The molecule has 0 bridgehead atoms. The van der Waals surface area contributed by atoms with E-state index in [1.807, 2.05) is 56.3 Å². The van der Waals surface area contributed by atoms with Gasteiger partial charge in [-0.2, -0.15) is 0 Å². The highest BCUT2D eigenvalue weighted by atomic mass is 16.5. The number of imidazole rings is 1. The summed E-state index contributed by atoms with van der Waals surface area (Å²) in [5, 5.41) is 0. The Balaban J connectivity index is 1.74. The molecule has 1 aromatic heterocycles. The predicted octanol–water partition coefficient (Wildman–Crippen LogP) is 5.86. The van der Waals surface area contributed by atoms with Crippen LogP contribution in [0.25, 0.3) is 22.2 Å². The van der Waals surface area contributed by atoms with E-state index in [0.717, 1.165) is 58.4 Å². The second-order valence-corrected chi connectivity index (χ2v) is 8.71. The fourth-order valence-electron chi connectivity index (χ4n) is 4.34. The Morgan fingerprint density at radius 2 is 1.71 bits per heavy atom. The summed E-state index contributed by atoms with van der Waals surface area (Å²) in [5.74, 6) is 0.691. The smallest absolute Gasteiger partial charge is 0.338 e. The van der Waals surface area contributed by atoms with E-state index in [4.69, 9.17) is 9.72 Å². The number of unbranched alkanes of at least 4 members (excludes halogenated alkanes) is 1. The third-order valence-corrected chi connectivity index (χ3v) is 6.23. The zero-order valence-electron chi connectivity index (χ0n) is 20.2. The van der Waals surface area contributed by atoms with Crippen LogP contribution in [-0.4, -0.2) is 22.6 Å². The molecule has 4 rings (SSSR count). The van der Waals surface area contributed by atoms with Crippen molar-refractivity contribution in [2.24, 2.45) is 0 Å². The maximum absolute atomic E-state index is 12.5. The predicted molar refractivity (Wildman–Crippen MR) is 136 cm³/mol. The molecule has 0 aliphatic carbocycles. The second kappa shape index (κ2) is 10.0. The number of benzene rings is 2. The van der Waals surface area contributed by atoms with E-state index in [-0.39, 0.29) is 11.4 Å². The Hall–Kier alpha value is -3.73. The number of carbonyl (C=O) groups excluding carboxylic acids is 1. The molecule has 0 aliphatic rings. The van der Waals surface area contributed by atoms with Gasteiger partial charge in [0.25, 0.3) is 0 Å². The van der Waals surface area contributed by atoms with E-state index in [9.17, 15) is 9.59 Å². The highest BCUT2D eigenvalue weighted by Gasteiger charge is 2.14. The third-order valence-electron chi connectivity index (χ3n) is 6.23. The van der Waals surface area contributed by atoms with Gasteiger partial charge in [0.15, 0.2) is 5.43 Å². The van der Waals surface area contributed by atoms with Gasteiger partial charge in [-0.25, -0.2) is 9.78 Å². The quantitative estimate of drug-likeness (QED) is 0.328.